The van der Waals surface area contributed by atoms with Gasteiger partial charge in [0.2, 0.25) is 5.91 Å². The maximum Gasteiger partial charge on any atom is 0.226 e. The quantitative estimate of drug-likeness (QED) is 0.612. The van der Waals surface area contributed by atoms with Gasteiger partial charge in [0, 0.05) is 50.4 Å². The van der Waals surface area contributed by atoms with Gasteiger partial charge in [-0.2, -0.15) is 0 Å². The number of amides is 1. The van der Waals surface area contributed by atoms with Crippen LogP contribution in [0.1, 0.15) is 43.4 Å². The Morgan fingerprint density at radius 2 is 1.91 bits per heavy atom. The molecule has 2 aliphatic rings. The van der Waals surface area contributed by atoms with Crippen molar-refractivity contribution in [1.82, 2.24) is 14.7 Å². The molecule has 0 radical (unpaired) electrons. The standard InChI is InChI=1S/C29H37N3O2/c1-3-32(4-2)29(33)26-13-9-17-31(22-26)21-25-14-15-28-27(20-25)23-30(18-19-34-28)16-8-12-24-10-6-5-7-11-24/h5-7,10-11,14-15,20,26H,3-4,9,13,16-19,21-23H2,1-2H3/t26-/m1/s1. The number of carbonyl (C=O) groups excluding carboxylic acids is 1. The summed E-state index contributed by atoms with van der Waals surface area (Å²) in [5, 5.41) is 0. The van der Waals surface area contributed by atoms with Gasteiger partial charge >= 0.3 is 0 Å². The number of piperidine rings is 1. The Hall–Kier alpha value is -2.81. The highest BCUT2D eigenvalue weighted by molar-refractivity contribution is 5.79. The van der Waals surface area contributed by atoms with Crippen molar-refractivity contribution in [3.05, 3.63) is 65.2 Å². The monoisotopic (exact) mass is 459 g/mol. The van der Waals surface area contributed by atoms with Crippen LogP contribution < -0.4 is 4.74 Å². The van der Waals surface area contributed by atoms with Gasteiger partial charge in [-0.15, -0.1) is 0 Å². The van der Waals surface area contributed by atoms with Gasteiger partial charge in [-0.1, -0.05) is 36.1 Å². The van der Waals surface area contributed by atoms with Gasteiger partial charge in [-0.3, -0.25) is 14.6 Å². The number of nitrogens with zero attached hydrogens (tertiary/aromatic N) is 3. The first-order valence-corrected chi connectivity index (χ1v) is 12.7. The Balaban J connectivity index is 1.38. The minimum atomic E-state index is 0.122. The number of rotatable bonds is 6. The van der Waals surface area contributed by atoms with E-state index >= 15 is 0 Å². The summed E-state index contributed by atoms with van der Waals surface area (Å²) < 4.78 is 6.03. The van der Waals surface area contributed by atoms with Crippen LogP contribution in [0.2, 0.25) is 0 Å². The fourth-order valence-electron chi connectivity index (χ4n) is 4.96. The molecule has 0 unspecified atom stereocenters. The largest absolute Gasteiger partial charge is 0.492 e. The first-order chi connectivity index (χ1) is 16.7. The molecule has 0 bridgehead atoms. The van der Waals surface area contributed by atoms with Crippen LogP contribution in [0.15, 0.2) is 48.5 Å². The molecule has 1 atom stereocenters. The van der Waals surface area contributed by atoms with Gasteiger partial charge in [-0.25, -0.2) is 0 Å². The van der Waals surface area contributed by atoms with Crippen molar-refractivity contribution in [3.8, 4) is 17.6 Å². The molecule has 2 aromatic carbocycles. The molecule has 0 aliphatic carbocycles. The van der Waals surface area contributed by atoms with E-state index in [4.69, 9.17) is 4.74 Å². The molecule has 0 saturated carbocycles. The normalized spacial score (nSPS) is 18.7. The van der Waals surface area contributed by atoms with Crippen molar-refractivity contribution in [2.45, 2.75) is 39.8 Å². The van der Waals surface area contributed by atoms with E-state index in [1.165, 1.54) is 11.1 Å². The van der Waals surface area contributed by atoms with Crippen molar-refractivity contribution in [1.29, 1.82) is 0 Å². The molecule has 2 aliphatic heterocycles. The second-order valence-electron chi connectivity index (χ2n) is 9.25. The molecule has 2 aromatic rings. The average Bonchev–Trinajstić information content (AvgIpc) is 3.07. The fraction of sp³-hybridized carbons (Fsp3) is 0.483. The number of carbonyl (C=O) groups is 1. The van der Waals surface area contributed by atoms with Crippen LogP contribution in [0.4, 0.5) is 0 Å². The van der Waals surface area contributed by atoms with Crippen LogP contribution in [0, 0.1) is 17.8 Å². The summed E-state index contributed by atoms with van der Waals surface area (Å²) >= 11 is 0. The van der Waals surface area contributed by atoms with Crippen molar-refractivity contribution in [2.75, 3.05) is 45.9 Å². The van der Waals surface area contributed by atoms with Gasteiger partial charge in [0.05, 0.1) is 12.5 Å². The van der Waals surface area contributed by atoms with Gasteiger partial charge in [0.1, 0.15) is 12.4 Å². The molecule has 34 heavy (non-hydrogen) atoms. The van der Waals surface area contributed by atoms with E-state index < -0.39 is 0 Å². The molecule has 2 heterocycles. The van der Waals surface area contributed by atoms with Gasteiger partial charge in [0.25, 0.3) is 0 Å². The number of hydrogen-bond acceptors (Lipinski definition) is 4. The van der Waals surface area contributed by atoms with E-state index in [9.17, 15) is 4.79 Å². The molecule has 0 spiro atoms. The molecule has 5 nitrogen and oxygen atoms in total. The molecular weight excluding hydrogens is 422 g/mol. The van der Waals surface area contributed by atoms with Gasteiger partial charge in [0.15, 0.2) is 0 Å². The number of benzene rings is 2. The first-order valence-electron chi connectivity index (χ1n) is 12.7. The van der Waals surface area contributed by atoms with E-state index in [1.54, 1.807) is 0 Å². The second kappa shape index (κ2) is 12.1. The summed E-state index contributed by atoms with van der Waals surface area (Å²) in [5.74, 6) is 8.00. The van der Waals surface area contributed by atoms with E-state index in [1.807, 2.05) is 35.2 Å². The number of likely N-dealkylation sites (tertiary alicyclic amines) is 1. The lowest BCUT2D eigenvalue weighted by atomic mass is 9.95. The fourth-order valence-corrected chi connectivity index (χ4v) is 4.96. The third-order valence-electron chi connectivity index (χ3n) is 6.83. The topological polar surface area (TPSA) is 36.0 Å². The zero-order valence-electron chi connectivity index (χ0n) is 20.6. The lowest BCUT2D eigenvalue weighted by molar-refractivity contribution is -0.137. The molecule has 5 heteroatoms. The maximum absolute atomic E-state index is 12.9. The number of ether oxygens (including phenoxy) is 1. The molecular formula is C29H37N3O2. The van der Waals surface area contributed by atoms with Crippen molar-refractivity contribution < 1.29 is 9.53 Å². The van der Waals surface area contributed by atoms with Gasteiger partial charge < -0.3 is 9.64 Å². The van der Waals surface area contributed by atoms with E-state index in [2.05, 4.69) is 53.7 Å². The molecule has 1 saturated heterocycles. The lowest BCUT2D eigenvalue weighted by Gasteiger charge is -2.34. The predicted molar refractivity (Wildman–Crippen MR) is 136 cm³/mol. The highest BCUT2D eigenvalue weighted by atomic mass is 16.5. The minimum absolute atomic E-state index is 0.122. The smallest absolute Gasteiger partial charge is 0.226 e. The third kappa shape index (κ3) is 6.40. The van der Waals surface area contributed by atoms with Crippen LogP contribution in [0.25, 0.3) is 0 Å². The predicted octanol–water partition coefficient (Wildman–Crippen LogP) is 4.01. The van der Waals surface area contributed by atoms with Crippen LogP contribution >= 0.6 is 0 Å². The highest BCUT2D eigenvalue weighted by Gasteiger charge is 2.28. The summed E-state index contributed by atoms with van der Waals surface area (Å²) in [6, 6.07) is 16.7. The third-order valence-corrected chi connectivity index (χ3v) is 6.83. The SMILES string of the molecule is CCN(CC)C(=O)[C@@H]1CCCN(Cc2ccc3c(c2)CN(CC#Cc2ccccc2)CCO3)C1. The lowest BCUT2D eigenvalue weighted by Crippen LogP contribution is -2.44. The van der Waals surface area contributed by atoms with Gasteiger partial charge in [-0.05, 0) is 63.1 Å². The van der Waals surface area contributed by atoms with Crippen molar-refractivity contribution in [3.63, 3.8) is 0 Å². The molecule has 1 fully saturated rings. The summed E-state index contributed by atoms with van der Waals surface area (Å²) in [6.45, 7) is 11.6. The zero-order valence-corrected chi connectivity index (χ0v) is 20.6. The van der Waals surface area contributed by atoms with E-state index in [0.717, 1.165) is 76.5 Å². The van der Waals surface area contributed by atoms with E-state index in [0.29, 0.717) is 12.5 Å². The Morgan fingerprint density at radius 1 is 1.09 bits per heavy atom. The Kier molecular flexibility index (Phi) is 8.62. The molecule has 4 rings (SSSR count). The zero-order chi connectivity index (χ0) is 23.8. The summed E-state index contributed by atoms with van der Waals surface area (Å²) in [5.41, 5.74) is 3.57. The molecule has 0 N–H and O–H groups in total. The van der Waals surface area contributed by atoms with Crippen molar-refractivity contribution >= 4 is 5.91 Å². The van der Waals surface area contributed by atoms with Crippen LogP contribution in [-0.2, 0) is 17.9 Å². The van der Waals surface area contributed by atoms with Crippen molar-refractivity contribution in [2.24, 2.45) is 5.92 Å². The maximum atomic E-state index is 12.9. The number of hydrogen-bond donors (Lipinski definition) is 0. The molecule has 0 aromatic heterocycles. The number of fused-ring (bicyclic) bond motifs is 1. The summed E-state index contributed by atoms with van der Waals surface area (Å²) in [6.07, 6.45) is 2.09. The van der Waals surface area contributed by atoms with Crippen LogP contribution in [0.3, 0.4) is 0 Å². The highest BCUT2D eigenvalue weighted by Crippen LogP contribution is 2.26. The minimum Gasteiger partial charge on any atom is -0.492 e. The Morgan fingerprint density at radius 3 is 2.71 bits per heavy atom. The molecule has 1 amide bonds. The average molecular weight is 460 g/mol. The first kappa shape index (κ1) is 24.3. The second-order valence-corrected chi connectivity index (χ2v) is 9.25. The van der Waals surface area contributed by atoms with Crippen LogP contribution in [0.5, 0.6) is 5.75 Å². The Bertz CT molecular complexity index is 1010. The summed E-state index contributed by atoms with van der Waals surface area (Å²) in [7, 11) is 0. The van der Waals surface area contributed by atoms with E-state index in [-0.39, 0.29) is 5.92 Å². The molecule has 180 valence electrons. The van der Waals surface area contributed by atoms with Crippen LogP contribution in [-0.4, -0.2) is 66.5 Å². The Labute approximate surface area is 204 Å². The summed E-state index contributed by atoms with van der Waals surface area (Å²) in [4.78, 5) is 19.6.